The molecule has 0 spiro atoms. The Morgan fingerprint density at radius 1 is 1.50 bits per heavy atom. The predicted octanol–water partition coefficient (Wildman–Crippen LogP) is -0.0916. The van der Waals surface area contributed by atoms with E-state index in [0.717, 1.165) is 5.82 Å². The minimum absolute atomic E-state index is 0.281. The average molecular weight is 169 g/mol. The van der Waals surface area contributed by atoms with Gasteiger partial charge < -0.3 is 5.73 Å². The van der Waals surface area contributed by atoms with Gasteiger partial charge in [0.25, 0.3) is 0 Å². The molecule has 0 aliphatic heterocycles. The highest BCUT2D eigenvalue weighted by molar-refractivity contribution is 4.91. The van der Waals surface area contributed by atoms with Crippen molar-refractivity contribution in [3.05, 3.63) is 5.82 Å². The van der Waals surface area contributed by atoms with Crippen molar-refractivity contribution < 1.29 is 0 Å². The summed E-state index contributed by atoms with van der Waals surface area (Å²) >= 11 is 0. The lowest BCUT2D eigenvalue weighted by atomic mass is 9.96. The van der Waals surface area contributed by atoms with E-state index < -0.39 is 0 Å². The molecule has 0 bridgehead atoms. The van der Waals surface area contributed by atoms with Gasteiger partial charge in [0.1, 0.15) is 0 Å². The molecule has 68 valence electrons. The third-order valence-electron chi connectivity index (χ3n) is 2.16. The van der Waals surface area contributed by atoms with E-state index in [9.17, 15) is 0 Å². The zero-order chi connectivity index (χ0) is 9.14. The Hall–Kier alpha value is -0.970. The average Bonchev–Trinajstić information content (AvgIpc) is 2.49. The molecule has 12 heavy (non-hydrogen) atoms. The SMILES string of the molecule is CC(CN)C(C)c1nnn(C)n1. The van der Waals surface area contributed by atoms with Crippen molar-refractivity contribution in [1.29, 1.82) is 0 Å². The van der Waals surface area contributed by atoms with Crippen LogP contribution in [0.2, 0.25) is 0 Å². The number of aryl methyl sites for hydroxylation is 1. The van der Waals surface area contributed by atoms with Crippen LogP contribution in [0, 0.1) is 5.92 Å². The van der Waals surface area contributed by atoms with Crippen LogP contribution in [0.4, 0.5) is 0 Å². The highest BCUT2D eigenvalue weighted by Gasteiger charge is 2.17. The Bertz CT molecular complexity index is 244. The lowest BCUT2D eigenvalue weighted by Gasteiger charge is -2.13. The van der Waals surface area contributed by atoms with E-state index in [4.69, 9.17) is 5.73 Å². The zero-order valence-electron chi connectivity index (χ0n) is 7.73. The van der Waals surface area contributed by atoms with E-state index in [1.54, 1.807) is 7.05 Å². The van der Waals surface area contributed by atoms with Crippen LogP contribution in [-0.2, 0) is 7.05 Å². The minimum atomic E-state index is 0.281. The van der Waals surface area contributed by atoms with E-state index >= 15 is 0 Å². The monoisotopic (exact) mass is 169 g/mol. The first kappa shape index (κ1) is 9.12. The fourth-order valence-electron chi connectivity index (χ4n) is 0.940. The molecule has 0 fully saturated rings. The van der Waals surface area contributed by atoms with Crippen LogP contribution in [0.1, 0.15) is 25.6 Å². The van der Waals surface area contributed by atoms with E-state index in [0.29, 0.717) is 12.5 Å². The molecule has 0 aliphatic carbocycles. The number of aromatic nitrogens is 4. The van der Waals surface area contributed by atoms with Gasteiger partial charge in [0.2, 0.25) is 0 Å². The molecule has 2 N–H and O–H groups in total. The van der Waals surface area contributed by atoms with Gasteiger partial charge in [-0.2, -0.15) is 4.80 Å². The molecule has 0 aliphatic rings. The molecule has 0 amide bonds. The first-order valence-corrected chi connectivity index (χ1v) is 4.09. The normalized spacial score (nSPS) is 16.0. The van der Waals surface area contributed by atoms with Crippen LogP contribution in [-0.4, -0.2) is 26.8 Å². The van der Waals surface area contributed by atoms with Crippen molar-refractivity contribution in [3.63, 3.8) is 0 Å². The second-order valence-electron chi connectivity index (χ2n) is 3.14. The zero-order valence-corrected chi connectivity index (χ0v) is 7.73. The van der Waals surface area contributed by atoms with Crippen molar-refractivity contribution in [2.24, 2.45) is 18.7 Å². The predicted molar refractivity (Wildman–Crippen MR) is 45.4 cm³/mol. The van der Waals surface area contributed by atoms with Crippen LogP contribution in [0.25, 0.3) is 0 Å². The molecular formula is C7H15N5. The molecule has 1 aromatic rings. The molecule has 1 aromatic heterocycles. The molecular weight excluding hydrogens is 154 g/mol. The van der Waals surface area contributed by atoms with Crippen LogP contribution < -0.4 is 5.73 Å². The van der Waals surface area contributed by atoms with Crippen molar-refractivity contribution in [3.8, 4) is 0 Å². The second-order valence-corrected chi connectivity index (χ2v) is 3.14. The maximum absolute atomic E-state index is 5.53. The summed E-state index contributed by atoms with van der Waals surface area (Å²) in [6.45, 7) is 4.80. The molecule has 5 heteroatoms. The number of nitrogens with two attached hydrogens (primary N) is 1. The van der Waals surface area contributed by atoms with Crippen molar-refractivity contribution >= 4 is 0 Å². The third kappa shape index (κ3) is 1.79. The number of tetrazole rings is 1. The molecule has 2 unspecified atom stereocenters. The quantitative estimate of drug-likeness (QED) is 0.686. The van der Waals surface area contributed by atoms with Crippen LogP contribution in [0.5, 0.6) is 0 Å². The lowest BCUT2D eigenvalue weighted by Crippen LogP contribution is -2.18. The Morgan fingerprint density at radius 2 is 2.17 bits per heavy atom. The molecule has 0 radical (unpaired) electrons. The topological polar surface area (TPSA) is 69.6 Å². The van der Waals surface area contributed by atoms with Crippen molar-refractivity contribution in [2.45, 2.75) is 19.8 Å². The van der Waals surface area contributed by atoms with Gasteiger partial charge in [-0.1, -0.05) is 13.8 Å². The smallest absolute Gasteiger partial charge is 0.177 e. The summed E-state index contributed by atoms with van der Waals surface area (Å²) in [7, 11) is 1.76. The lowest BCUT2D eigenvalue weighted by molar-refractivity contribution is 0.476. The fourth-order valence-corrected chi connectivity index (χ4v) is 0.940. The van der Waals surface area contributed by atoms with Crippen LogP contribution >= 0.6 is 0 Å². The highest BCUT2D eigenvalue weighted by atomic mass is 15.6. The molecule has 2 atom stereocenters. The summed E-state index contributed by atoms with van der Waals surface area (Å²) in [6, 6.07) is 0. The summed E-state index contributed by atoms with van der Waals surface area (Å²) in [5.74, 6) is 1.45. The van der Waals surface area contributed by atoms with Gasteiger partial charge in [-0.05, 0) is 17.7 Å². The first-order valence-electron chi connectivity index (χ1n) is 4.09. The molecule has 0 saturated heterocycles. The number of rotatable bonds is 3. The summed E-state index contributed by atoms with van der Waals surface area (Å²) in [6.07, 6.45) is 0. The molecule has 1 heterocycles. The van der Waals surface area contributed by atoms with E-state index in [2.05, 4.69) is 29.3 Å². The Kier molecular flexibility index (Phi) is 2.75. The van der Waals surface area contributed by atoms with Gasteiger partial charge in [-0.25, -0.2) is 0 Å². The van der Waals surface area contributed by atoms with E-state index in [-0.39, 0.29) is 5.92 Å². The largest absolute Gasteiger partial charge is 0.330 e. The van der Waals surface area contributed by atoms with Crippen molar-refractivity contribution in [2.75, 3.05) is 6.54 Å². The standard InChI is InChI=1S/C7H15N5/c1-5(4-8)6(2)7-9-11-12(3)10-7/h5-6H,4,8H2,1-3H3. The number of hydrogen-bond acceptors (Lipinski definition) is 4. The number of nitrogens with zero attached hydrogens (tertiary/aromatic N) is 4. The summed E-state index contributed by atoms with van der Waals surface area (Å²) in [5.41, 5.74) is 5.53. The van der Waals surface area contributed by atoms with E-state index in [1.165, 1.54) is 4.80 Å². The Labute approximate surface area is 71.9 Å². The van der Waals surface area contributed by atoms with Crippen LogP contribution in [0.3, 0.4) is 0 Å². The van der Waals surface area contributed by atoms with Gasteiger partial charge in [0.15, 0.2) is 5.82 Å². The maximum Gasteiger partial charge on any atom is 0.177 e. The Morgan fingerprint density at radius 3 is 2.58 bits per heavy atom. The molecule has 0 saturated carbocycles. The summed E-state index contributed by atoms with van der Waals surface area (Å²) in [5, 5.41) is 11.8. The fraction of sp³-hybridized carbons (Fsp3) is 0.857. The number of hydrogen-bond donors (Lipinski definition) is 1. The first-order chi connectivity index (χ1) is 5.65. The van der Waals surface area contributed by atoms with E-state index in [1.807, 2.05) is 0 Å². The molecule has 5 nitrogen and oxygen atoms in total. The van der Waals surface area contributed by atoms with Gasteiger partial charge >= 0.3 is 0 Å². The second kappa shape index (κ2) is 3.62. The van der Waals surface area contributed by atoms with Gasteiger partial charge in [0, 0.05) is 5.92 Å². The van der Waals surface area contributed by atoms with Crippen LogP contribution in [0.15, 0.2) is 0 Å². The third-order valence-corrected chi connectivity index (χ3v) is 2.16. The minimum Gasteiger partial charge on any atom is -0.330 e. The highest BCUT2D eigenvalue weighted by Crippen LogP contribution is 2.18. The molecule has 0 aromatic carbocycles. The molecule has 1 rings (SSSR count). The summed E-state index contributed by atoms with van der Waals surface area (Å²) in [4.78, 5) is 1.47. The summed E-state index contributed by atoms with van der Waals surface area (Å²) < 4.78 is 0. The maximum atomic E-state index is 5.53. The van der Waals surface area contributed by atoms with Crippen molar-refractivity contribution in [1.82, 2.24) is 20.2 Å². The van der Waals surface area contributed by atoms with Gasteiger partial charge in [-0.15, -0.1) is 10.2 Å². The van der Waals surface area contributed by atoms with Gasteiger partial charge in [0.05, 0.1) is 7.05 Å². The Balaban J connectivity index is 2.70. The van der Waals surface area contributed by atoms with Gasteiger partial charge in [-0.3, -0.25) is 0 Å².